The Kier molecular flexibility index (Phi) is 7.78. The summed E-state index contributed by atoms with van der Waals surface area (Å²) in [5.74, 6) is -5.78. The Morgan fingerprint density at radius 3 is 2.74 bits per heavy atom. The van der Waals surface area contributed by atoms with Crippen LogP contribution >= 0.6 is 11.3 Å². The predicted molar refractivity (Wildman–Crippen MR) is 133 cm³/mol. The molecule has 5 atom stereocenters. The van der Waals surface area contributed by atoms with E-state index in [-0.39, 0.29) is 30.2 Å². The number of amides is 2. The lowest BCUT2D eigenvalue weighted by molar-refractivity contribution is -0.222. The highest BCUT2D eigenvalue weighted by molar-refractivity contribution is 7.85. The Morgan fingerprint density at radius 2 is 2.11 bits per heavy atom. The third kappa shape index (κ3) is 4.99. The number of oxime groups is 1. The molecule has 4 rings (SSSR count). The number of esters is 2. The highest BCUT2D eigenvalue weighted by atomic mass is 32.2. The molecule has 1 aromatic heterocycles. The zero-order chi connectivity index (χ0) is 27.8. The lowest BCUT2D eigenvalue weighted by Crippen LogP contribution is -2.78. The zero-order valence-corrected chi connectivity index (χ0v) is 22.5. The van der Waals surface area contributed by atoms with Gasteiger partial charge >= 0.3 is 11.9 Å². The minimum atomic E-state index is -2.03. The van der Waals surface area contributed by atoms with Gasteiger partial charge in [0.15, 0.2) is 18.1 Å². The fraction of sp³-hybridized carbons (Fsp3) is 0.522. The van der Waals surface area contributed by atoms with Gasteiger partial charge in [-0.15, -0.1) is 11.3 Å². The van der Waals surface area contributed by atoms with Crippen molar-refractivity contribution in [3.63, 3.8) is 0 Å². The second-order valence-electron chi connectivity index (χ2n) is 9.26. The summed E-state index contributed by atoms with van der Waals surface area (Å²) in [4.78, 5) is 73.2. The van der Waals surface area contributed by atoms with E-state index in [0.29, 0.717) is 5.01 Å². The molecule has 38 heavy (non-hydrogen) atoms. The van der Waals surface area contributed by atoms with E-state index in [1.165, 1.54) is 11.3 Å². The first kappa shape index (κ1) is 27.6. The van der Waals surface area contributed by atoms with Gasteiger partial charge in [-0.2, -0.15) is 0 Å². The first-order valence-electron chi connectivity index (χ1n) is 11.6. The molecule has 15 heteroatoms. The standard InChI is InChI=1S/C23H26N4O9S2/c1-11(2)4-5-34-22(32)23-13(6-18(30)36-23)10-38(33)21-14(20(31)27(21)23)7-16(28)19(26-35-8-17(24)29)15-9-37-12(3)25-15/h4,9,13-14,21H,5-8,10H2,1-3H3,(H2,24,29)/b26-19-/t13-,14+,21+,23+,38-/m0/s1. The Labute approximate surface area is 223 Å². The number of hydrogen-bond acceptors (Lipinski definition) is 12. The van der Waals surface area contributed by atoms with Crippen molar-refractivity contribution in [1.82, 2.24) is 9.88 Å². The van der Waals surface area contributed by atoms with E-state index >= 15 is 0 Å². The van der Waals surface area contributed by atoms with Crippen molar-refractivity contribution >= 4 is 57.4 Å². The molecule has 1 aromatic rings. The highest BCUT2D eigenvalue weighted by Crippen LogP contribution is 2.51. The van der Waals surface area contributed by atoms with Crippen LogP contribution in [0.4, 0.5) is 0 Å². The molecule has 4 heterocycles. The molecular formula is C23H26N4O9S2. The zero-order valence-electron chi connectivity index (χ0n) is 20.8. The number of β-lactam (4-membered cyclic amide) rings is 1. The molecule has 3 aliphatic rings. The van der Waals surface area contributed by atoms with Gasteiger partial charge in [0, 0.05) is 28.4 Å². The summed E-state index contributed by atoms with van der Waals surface area (Å²) in [6, 6.07) is 0. The molecule has 0 bridgehead atoms. The second kappa shape index (κ2) is 10.7. The average molecular weight is 567 g/mol. The number of aryl methyl sites for hydroxylation is 1. The average Bonchev–Trinajstić information content (AvgIpc) is 3.40. The van der Waals surface area contributed by atoms with Crippen molar-refractivity contribution in [3.8, 4) is 0 Å². The highest BCUT2D eigenvalue weighted by Gasteiger charge is 2.73. The van der Waals surface area contributed by atoms with Crippen molar-refractivity contribution in [3.05, 3.63) is 27.7 Å². The number of fused-ring (bicyclic) bond motifs is 3. The summed E-state index contributed by atoms with van der Waals surface area (Å²) in [6.07, 6.45) is 1.03. The van der Waals surface area contributed by atoms with E-state index in [1.54, 1.807) is 18.4 Å². The van der Waals surface area contributed by atoms with Gasteiger partial charge in [-0.1, -0.05) is 10.7 Å². The second-order valence-corrected chi connectivity index (χ2v) is 11.9. The summed E-state index contributed by atoms with van der Waals surface area (Å²) >= 11 is 1.25. The summed E-state index contributed by atoms with van der Waals surface area (Å²) in [5.41, 5.74) is 3.87. The number of primary amides is 1. The van der Waals surface area contributed by atoms with E-state index in [4.69, 9.17) is 20.0 Å². The van der Waals surface area contributed by atoms with E-state index in [2.05, 4.69) is 10.1 Å². The first-order valence-corrected chi connectivity index (χ1v) is 13.9. The number of thiazole rings is 1. The number of hydrogen-bond donors (Lipinski definition) is 1. The van der Waals surface area contributed by atoms with Crippen LogP contribution in [-0.4, -0.2) is 79.4 Å². The van der Waals surface area contributed by atoms with Gasteiger partial charge < -0.3 is 20.0 Å². The largest absolute Gasteiger partial charge is 0.457 e. The summed E-state index contributed by atoms with van der Waals surface area (Å²) in [5, 5.41) is 4.86. The number of rotatable bonds is 10. The Hall–Kier alpha value is -3.46. The summed E-state index contributed by atoms with van der Waals surface area (Å²) in [7, 11) is -1.69. The van der Waals surface area contributed by atoms with E-state index in [1.807, 2.05) is 13.8 Å². The number of aromatic nitrogens is 1. The SMILES string of the molecule is CC(C)=CCOC(=O)[C@]12OC(=O)C[C@H]1C[S@](=O)[C@@H]1[C@H](CC(=O)/C(=N\OCC(N)=O)c3csc(C)n3)C(=O)N12. The summed E-state index contributed by atoms with van der Waals surface area (Å²) in [6.45, 7) is 4.67. The third-order valence-electron chi connectivity index (χ3n) is 6.27. The molecule has 204 valence electrons. The molecule has 13 nitrogen and oxygen atoms in total. The van der Waals surface area contributed by atoms with Crippen molar-refractivity contribution in [2.75, 3.05) is 19.0 Å². The normalized spacial score (nSPS) is 28.0. The monoisotopic (exact) mass is 566 g/mol. The van der Waals surface area contributed by atoms with E-state index in [0.717, 1.165) is 10.5 Å². The predicted octanol–water partition coefficient (Wildman–Crippen LogP) is -0.0677. The maximum Gasteiger partial charge on any atom is 0.373 e. The van der Waals surface area contributed by atoms with Crippen molar-refractivity contribution in [1.29, 1.82) is 0 Å². The van der Waals surface area contributed by atoms with Crippen LogP contribution in [0.5, 0.6) is 0 Å². The fourth-order valence-corrected chi connectivity index (χ4v) is 7.19. The molecule has 0 spiro atoms. The number of ketones is 1. The number of nitrogens with two attached hydrogens (primary N) is 1. The van der Waals surface area contributed by atoms with Crippen LogP contribution in [0.15, 0.2) is 22.2 Å². The van der Waals surface area contributed by atoms with Crippen LogP contribution in [0.25, 0.3) is 0 Å². The van der Waals surface area contributed by atoms with Crippen molar-refractivity contribution < 1.29 is 42.5 Å². The lowest BCUT2D eigenvalue weighted by Gasteiger charge is -2.56. The molecule has 3 aliphatic heterocycles. The molecule has 2 N–H and O–H groups in total. The number of carbonyl (C=O) groups is 5. The van der Waals surface area contributed by atoms with Crippen molar-refractivity contribution in [2.45, 2.75) is 44.7 Å². The van der Waals surface area contributed by atoms with Crippen LogP contribution in [0.3, 0.4) is 0 Å². The molecule has 2 amide bonds. The summed E-state index contributed by atoms with van der Waals surface area (Å²) < 4.78 is 23.9. The smallest absolute Gasteiger partial charge is 0.373 e. The van der Waals surface area contributed by atoms with Gasteiger partial charge in [-0.3, -0.25) is 28.3 Å². The van der Waals surface area contributed by atoms with Crippen LogP contribution in [0, 0.1) is 18.8 Å². The van der Waals surface area contributed by atoms with Gasteiger partial charge in [0.25, 0.3) is 11.6 Å². The molecule has 0 radical (unpaired) electrons. The van der Waals surface area contributed by atoms with Crippen LogP contribution < -0.4 is 5.73 Å². The molecule has 0 unspecified atom stereocenters. The molecule has 0 aromatic carbocycles. The molecule has 0 aliphatic carbocycles. The van der Waals surface area contributed by atoms with Gasteiger partial charge in [-0.05, 0) is 26.8 Å². The van der Waals surface area contributed by atoms with Gasteiger partial charge in [0.05, 0.1) is 23.3 Å². The van der Waals surface area contributed by atoms with Crippen molar-refractivity contribution in [2.24, 2.45) is 22.7 Å². The molecule has 3 fully saturated rings. The van der Waals surface area contributed by atoms with Gasteiger partial charge in [-0.25, -0.2) is 9.78 Å². The Bertz CT molecular complexity index is 1290. The maximum absolute atomic E-state index is 13.4. The van der Waals surface area contributed by atoms with E-state index < -0.39 is 76.3 Å². The fourth-order valence-electron chi connectivity index (χ4n) is 4.58. The lowest BCUT2D eigenvalue weighted by atomic mass is 9.84. The van der Waals surface area contributed by atoms with Gasteiger partial charge in [0.2, 0.25) is 5.91 Å². The quantitative estimate of drug-likeness (QED) is 0.132. The minimum Gasteiger partial charge on any atom is -0.457 e. The number of nitrogens with zero attached hydrogens (tertiary/aromatic N) is 3. The molecule has 0 saturated carbocycles. The minimum absolute atomic E-state index is 0.0867. The first-order chi connectivity index (χ1) is 18.0. The maximum atomic E-state index is 13.4. The topological polar surface area (TPSA) is 185 Å². The van der Waals surface area contributed by atoms with Crippen LogP contribution in [0.1, 0.15) is 37.4 Å². The van der Waals surface area contributed by atoms with E-state index in [9.17, 15) is 28.2 Å². The Balaban J connectivity index is 1.58. The Morgan fingerprint density at radius 1 is 1.37 bits per heavy atom. The van der Waals surface area contributed by atoms with Crippen LogP contribution in [0.2, 0.25) is 0 Å². The number of ether oxygens (including phenoxy) is 2. The van der Waals surface area contributed by atoms with Crippen LogP contribution in [-0.2, 0) is 49.1 Å². The molecular weight excluding hydrogens is 540 g/mol. The van der Waals surface area contributed by atoms with Gasteiger partial charge in [0.1, 0.15) is 17.7 Å². The molecule has 3 saturated heterocycles. The number of allylic oxidation sites excluding steroid dienone is 1. The number of Topliss-reactive ketones (excluding diaryl/α,β-unsaturated/α-hetero) is 1. The number of carbonyl (C=O) groups excluding carboxylic acids is 5. The third-order valence-corrected chi connectivity index (χ3v) is 8.86.